The lowest BCUT2D eigenvalue weighted by Crippen LogP contribution is -2.11. The Balaban J connectivity index is 1.89. The molecule has 5 rings (SSSR count). The van der Waals surface area contributed by atoms with Crippen LogP contribution in [0.15, 0.2) is 30.4 Å². The van der Waals surface area contributed by atoms with Gasteiger partial charge in [0.15, 0.2) is 0 Å². The van der Waals surface area contributed by atoms with E-state index in [1.807, 2.05) is 0 Å². The van der Waals surface area contributed by atoms with Gasteiger partial charge in [0, 0.05) is 0 Å². The number of hydrogen-bond acceptors (Lipinski definition) is 0. The van der Waals surface area contributed by atoms with E-state index in [0.29, 0.717) is 12.1 Å². The van der Waals surface area contributed by atoms with Gasteiger partial charge in [0.25, 0.3) is 0 Å². The summed E-state index contributed by atoms with van der Waals surface area (Å²) in [6, 6.07) is 1.17. The minimum absolute atomic E-state index is 0.578. The SMILES string of the molecule is C1=CC2CC=C1n1n(C3C=C3)n12. The van der Waals surface area contributed by atoms with E-state index in [2.05, 4.69) is 44.8 Å². The highest BCUT2D eigenvalue weighted by molar-refractivity contribution is 5.60. The molecule has 1 aromatic heterocycles. The predicted molar refractivity (Wildman–Crippen MR) is 45.7 cm³/mol. The van der Waals surface area contributed by atoms with Crippen molar-refractivity contribution in [2.24, 2.45) is 0 Å². The second-order valence-corrected chi connectivity index (χ2v) is 3.60. The van der Waals surface area contributed by atoms with E-state index in [0.717, 1.165) is 0 Å². The van der Waals surface area contributed by atoms with Gasteiger partial charge in [-0.25, -0.2) is 0 Å². The van der Waals surface area contributed by atoms with Crippen LogP contribution in [-0.4, -0.2) is 14.4 Å². The molecule has 0 fully saturated rings. The van der Waals surface area contributed by atoms with E-state index in [-0.39, 0.29) is 0 Å². The number of hydrogen-bond donors (Lipinski definition) is 0. The summed E-state index contributed by atoms with van der Waals surface area (Å²) in [5.74, 6) is 0. The molecular weight excluding hydrogens is 150 g/mol. The Bertz CT molecular complexity index is 429. The molecule has 0 radical (unpaired) electrons. The summed E-state index contributed by atoms with van der Waals surface area (Å²) in [5.41, 5.74) is 1.34. The van der Waals surface area contributed by atoms with E-state index in [1.54, 1.807) is 0 Å². The Labute approximate surface area is 69.8 Å². The molecule has 0 aromatic carbocycles. The lowest BCUT2D eigenvalue weighted by atomic mass is 10.1. The Morgan fingerprint density at radius 1 is 1.17 bits per heavy atom. The van der Waals surface area contributed by atoms with Crippen molar-refractivity contribution in [1.29, 1.82) is 0 Å². The van der Waals surface area contributed by atoms with Crippen LogP contribution in [0.5, 0.6) is 0 Å². The fraction of sp³-hybridized carbons (Fsp3) is 0.333. The van der Waals surface area contributed by atoms with Crippen LogP contribution in [0.4, 0.5) is 0 Å². The van der Waals surface area contributed by atoms with Crippen LogP contribution in [0.25, 0.3) is 5.70 Å². The summed E-state index contributed by atoms with van der Waals surface area (Å²) >= 11 is 0. The van der Waals surface area contributed by atoms with Crippen molar-refractivity contribution in [3.8, 4) is 0 Å². The van der Waals surface area contributed by atoms with Crippen LogP contribution in [0.1, 0.15) is 18.5 Å². The Morgan fingerprint density at radius 2 is 2.08 bits per heavy atom. The van der Waals surface area contributed by atoms with Gasteiger partial charge < -0.3 is 0 Å². The van der Waals surface area contributed by atoms with E-state index in [4.69, 9.17) is 0 Å². The molecule has 3 heteroatoms. The topological polar surface area (TPSA) is 14.8 Å². The summed E-state index contributed by atoms with van der Waals surface area (Å²) in [4.78, 5) is 6.91. The van der Waals surface area contributed by atoms with Crippen molar-refractivity contribution >= 4 is 5.70 Å². The summed E-state index contributed by atoms with van der Waals surface area (Å²) in [7, 11) is 0. The highest BCUT2D eigenvalue weighted by atomic mass is 15.9. The Hall–Kier alpha value is -1.38. The molecule has 0 amide bonds. The van der Waals surface area contributed by atoms with Gasteiger partial charge in [-0.1, -0.05) is 24.3 Å². The van der Waals surface area contributed by atoms with Gasteiger partial charge >= 0.3 is 0 Å². The molecule has 2 aliphatic carbocycles. The number of rotatable bonds is 1. The lowest BCUT2D eigenvalue weighted by Gasteiger charge is -2.15. The molecular formula is C9H9N3. The van der Waals surface area contributed by atoms with Gasteiger partial charge in [-0.05, 0) is 12.5 Å². The van der Waals surface area contributed by atoms with Crippen LogP contribution in [0.2, 0.25) is 0 Å². The number of fused-ring (bicyclic) bond motifs is 1. The van der Waals surface area contributed by atoms with Crippen molar-refractivity contribution in [3.63, 3.8) is 0 Å². The Kier molecular flexibility index (Phi) is 0.617. The third kappa shape index (κ3) is 0.443. The van der Waals surface area contributed by atoms with Crippen LogP contribution in [0.3, 0.4) is 0 Å². The molecule has 2 aliphatic heterocycles. The molecule has 0 saturated heterocycles. The molecule has 1 atom stereocenters. The molecule has 0 N–H and O–H groups in total. The summed E-state index contributed by atoms with van der Waals surface area (Å²) in [6.45, 7) is 0. The van der Waals surface area contributed by atoms with Crippen LogP contribution >= 0.6 is 0 Å². The van der Waals surface area contributed by atoms with Gasteiger partial charge in [0.2, 0.25) is 0 Å². The zero-order chi connectivity index (χ0) is 7.71. The smallest absolute Gasteiger partial charge is 0.108 e. The van der Waals surface area contributed by atoms with Gasteiger partial charge in [-0.3, -0.25) is 0 Å². The lowest BCUT2D eigenvalue weighted by molar-refractivity contribution is 0.533. The molecule has 3 nitrogen and oxygen atoms in total. The second-order valence-electron chi connectivity index (χ2n) is 3.60. The molecule has 0 spiro atoms. The minimum atomic E-state index is 0.578. The number of aromatic nitrogens is 3. The van der Waals surface area contributed by atoms with E-state index in [9.17, 15) is 0 Å². The second kappa shape index (κ2) is 1.40. The average molecular weight is 159 g/mol. The first kappa shape index (κ1) is 5.30. The fourth-order valence-electron chi connectivity index (χ4n) is 2.06. The van der Waals surface area contributed by atoms with Gasteiger partial charge in [0.1, 0.15) is 6.04 Å². The largest absolute Gasteiger partial charge is 0.181 e. The monoisotopic (exact) mass is 159 g/mol. The molecule has 2 bridgehead atoms. The van der Waals surface area contributed by atoms with Crippen LogP contribution in [0, 0.1) is 0 Å². The summed E-state index contributed by atoms with van der Waals surface area (Å²) in [6.07, 6.45) is 12.4. The maximum Gasteiger partial charge on any atom is 0.108 e. The maximum atomic E-state index is 2.33. The molecule has 12 heavy (non-hydrogen) atoms. The normalized spacial score (nSPS) is 29.7. The van der Waals surface area contributed by atoms with E-state index < -0.39 is 0 Å². The highest BCUT2D eigenvalue weighted by Gasteiger charge is 2.36. The quantitative estimate of drug-likeness (QED) is 0.552. The average Bonchev–Trinajstić information content (AvgIpc) is 2.99. The van der Waals surface area contributed by atoms with Crippen molar-refractivity contribution in [1.82, 2.24) is 14.4 Å². The van der Waals surface area contributed by atoms with E-state index >= 15 is 0 Å². The van der Waals surface area contributed by atoms with Crippen molar-refractivity contribution in [2.75, 3.05) is 0 Å². The highest BCUT2D eigenvalue weighted by Crippen LogP contribution is 2.39. The first-order valence-corrected chi connectivity index (χ1v) is 4.40. The number of nitrogens with zero attached hydrogens (tertiary/aromatic N) is 3. The van der Waals surface area contributed by atoms with Gasteiger partial charge in [-0.2, -0.15) is 14.4 Å². The number of allylic oxidation sites excluding steroid dienone is 6. The standard InChI is InChI=1S/C9H9N3/c1-2-8-4-3-7(1)10-11(8)12(10)9-5-6-9/h1-3,5-6,8-9H,4H2. The maximum absolute atomic E-state index is 2.33. The van der Waals surface area contributed by atoms with E-state index in [1.165, 1.54) is 12.1 Å². The van der Waals surface area contributed by atoms with Crippen molar-refractivity contribution in [3.05, 3.63) is 30.4 Å². The molecule has 0 saturated carbocycles. The predicted octanol–water partition coefficient (Wildman–Crippen LogP) is 1.56. The van der Waals surface area contributed by atoms with Crippen LogP contribution in [-0.2, 0) is 0 Å². The summed E-state index contributed by atoms with van der Waals surface area (Å²) in [5, 5.41) is 0. The van der Waals surface area contributed by atoms with Gasteiger partial charge in [0.05, 0.1) is 11.7 Å². The molecule has 60 valence electrons. The van der Waals surface area contributed by atoms with Gasteiger partial charge in [-0.15, -0.1) is 0 Å². The fourth-order valence-corrected chi connectivity index (χ4v) is 2.06. The molecule has 1 aromatic rings. The third-order valence-electron chi connectivity index (χ3n) is 2.78. The summed E-state index contributed by atoms with van der Waals surface area (Å²) < 4.78 is 0. The minimum Gasteiger partial charge on any atom is -0.181 e. The molecule has 4 aliphatic rings. The van der Waals surface area contributed by atoms with Crippen molar-refractivity contribution in [2.45, 2.75) is 18.5 Å². The zero-order valence-electron chi connectivity index (χ0n) is 6.59. The first-order valence-electron chi connectivity index (χ1n) is 4.40. The first-order chi connectivity index (χ1) is 5.95. The third-order valence-corrected chi connectivity index (χ3v) is 2.78. The molecule has 3 heterocycles. The van der Waals surface area contributed by atoms with Crippen LogP contribution < -0.4 is 0 Å². The van der Waals surface area contributed by atoms with Crippen molar-refractivity contribution < 1.29 is 0 Å². The Morgan fingerprint density at radius 3 is 2.58 bits per heavy atom. The zero-order valence-corrected chi connectivity index (χ0v) is 6.59. The molecule has 1 unspecified atom stereocenters.